The Hall–Kier alpha value is -2.95. The van der Waals surface area contributed by atoms with Crippen molar-refractivity contribution in [2.45, 2.75) is 6.92 Å². The van der Waals surface area contributed by atoms with Gasteiger partial charge in [0.2, 0.25) is 0 Å². The maximum Gasteiger partial charge on any atom is 0.338 e. The second-order valence-corrected chi connectivity index (χ2v) is 4.66. The fraction of sp³-hybridized carbons (Fsp3) is 0.0625. The van der Waals surface area contributed by atoms with Crippen LogP contribution in [-0.4, -0.2) is 20.6 Å². The maximum absolute atomic E-state index is 12.7. The molecule has 0 aliphatic rings. The second-order valence-electron chi connectivity index (χ2n) is 4.66. The van der Waals surface area contributed by atoms with Crippen LogP contribution < -0.4 is 5.56 Å². The van der Waals surface area contributed by atoms with Crippen LogP contribution >= 0.6 is 0 Å². The zero-order valence-electron chi connectivity index (χ0n) is 11.3. The van der Waals surface area contributed by atoms with Crippen molar-refractivity contribution in [3.05, 3.63) is 70.4 Å². The molecule has 0 saturated heterocycles. The third kappa shape index (κ3) is 1.99. The van der Waals surface area contributed by atoms with Crippen molar-refractivity contribution >= 4 is 16.7 Å². The number of carboxylic acids is 1. The summed E-state index contributed by atoms with van der Waals surface area (Å²) in [6.45, 7) is 1.63. The molecule has 2 aromatic heterocycles. The summed E-state index contributed by atoms with van der Waals surface area (Å²) < 4.78 is 1.39. The lowest BCUT2D eigenvalue weighted by atomic mass is 10.0. The van der Waals surface area contributed by atoms with E-state index in [4.69, 9.17) is 0 Å². The van der Waals surface area contributed by atoms with Gasteiger partial charge in [-0.25, -0.2) is 4.79 Å². The van der Waals surface area contributed by atoms with E-state index in [9.17, 15) is 14.7 Å². The number of hydrogen-bond acceptors (Lipinski definition) is 3. The van der Waals surface area contributed by atoms with E-state index in [0.717, 1.165) is 0 Å². The van der Waals surface area contributed by atoms with E-state index >= 15 is 0 Å². The topological polar surface area (TPSA) is 72.2 Å². The Bertz CT molecular complexity index is 899. The number of carbonyl (C=O) groups is 1. The van der Waals surface area contributed by atoms with Gasteiger partial charge in [0.15, 0.2) is 0 Å². The lowest BCUT2D eigenvalue weighted by Gasteiger charge is -2.14. The first-order chi connectivity index (χ1) is 10.1. The number of carboxylic acid groups (broad SMARTS) is 1. The third-order valence-electron chi connectivity index (χ3n) is 3.45. The average molecular weight is 280 g/mol. The van der Waals surface area contributed by atoms with Gasteiger partial charge in [0.05, 0.1) is 17.4 Å². The number of rotatable bonds is 2. The summed E-state index contributed by atoms with van der Waals surface area (Å²) in [5.74, 6) is -1.05. The Morgan fingerprint density at radius 3 is 2.48 bits per heavy atom. The number of aromatic nitrogens is 2. The summed E-state index contributed by atoms with van der Waals surface area (Å²) >= 11 is 0. The van der Waals surface area contributed by atoms with Gasteiger partial charge in [-0.1, -0.05) is 18.2 Å². The molecule has 0 spiro atoms. The van der Waals surface area contributed by atoms with Gasteiger partial charge in [-0.15, -0.1) is 0 Å². The highest BCUT2D eigenvalue weighted by atomic mass is 16.4. The molecule has 3 aromatic rings. The van der Waals surface area contributed by atoms with Gasteiger partial charge in [-0.05, 0) is 25.1 Å². The van der Waals surface area contributed by atoms with Crippen molar-refractivity contribution in [1.29, 1.82) is 0 Å². The zero-order valence-corrected chi connectivity index (χ0v) is 11.3. The molecule has 21 heavy (non-hydrogen) atoms. The number of nitrogens with zero attached hydrogens (tertiary/aromatic N) is 2. The van der Waals surface area contributed by atoms with E-state index < -0.39 is 5.97 Å². The summed E-state index contributed by atoms with van der Waals surface area (Å²) in [5, 5.41) is 10.3. The van der Waals surface area contributed by atoms with Gasteiger partial charge in [0.25, 0.3) is 5.56 Å². The lowest BCUT2D eigenvalue weighted by molar-refractivity contribution is 0.0697. The third-order valence-corrected chi connectivity index (χ3v) is 3.45. The Labute approximate surface area is 120 Å². The molecule has 3 rings (SSSR count). The highest BCUT2D eigenvalue weighted by Crippen LogP contribution is 2.21. The highest BCUT2D eigenvalue weighted by Gasteiger charge is 2.19. The fourth-order valence-electron chi connectivity index (χ4n) is 2.53. The first kappa shape index (κ1) is 13.1. The molecule has 1 N–H and O–H groups in total. The Balaban J connectivity index is 2.52. The molecule has 0 amide bonds. The minimum atomic E-state index is -1.05. The molecule has 0 aliphatic heterocycles. The van der Waals surface area contributed by atoms with Crippen LogP contribution in [0.2, 0.25) is 0 Å². The number of fused-ring (bicyclic) bond motifs is 1. The maximum atomic E-state index is 12.7. The second kappa shape index (κ2) is 4.86. The van der Waals surface area contributed by atoms with E-state index in [1.54, 1.807) is 49.5 Å². The summed E-state index contributed by atoms with van der Waals surface area (Å²) in [6.07, 6.45) is 3.14. The molecule has 0 atom stereocenters. The predicted octanol–water partition coefficient (Wildman–Crippen LogP) is 2.39. The SMILES string of the molecule is Cc1c(C(=O)O)c2ccccc2c(=O)n1-c1cccnc1. The molecule has 0 saturated carbocycles. The number of pyridine rings is 2. The monoisotopic (exact) mass is 280 g/mol. The minimum absolute atomic E-state index is 0.133. The average Bonchev–Trinajstić information content (AvgIpc) is 2.48. The highest BCUT2D eigenvalue weighted by molar-refractivity contribution is 6.04. The van der Waals surface area contributed by atoms with E-state index in [-0.39, 0.29) is 11.1 Å². The molecule has 5 nitrogen and oxygen atoms in total. The fourth-order valence-corrected chi connectivity index (χ4v) is 2.53. The smallest absolute Gasteiger partial charge is 0.338 e. The standard InChI is InChI=1S/C16H12N2O3/c1-10-14(16(20)21)12-6-2-3-7-13(12)15(19)18(10)11-5-4-8-17-9-11/h2-9H,1H3,(H,20,21). The van der Waals surface area contributed by atoms with Crippen LogP contribution in [-0.2, 0) is 0 Å². The van der Waals surface area contributed by atoms with Crippen LogP contribution in [0.15, 0.2) is 53.6 Å². The van der Waals surface area contributed by atoms with Crippen molar-refractivity contribution < 1.29 is 9.90 Å². The normalized spacial score (nSPS) is 10.7. The quantitative estimate of drug-likeness (QED) is 0.782. The summed E-state index contributed by atoms with van der Waals surface area (Å²) in [4.78, 5) is 28.3. The van der Waals surface area contributed by atoms with E-state index in [1.807, 2.05) is 0 Å². The predicted molar refractivity (Wildman–Crippen MR) is 79.0 cm³/mol. The van der Waals surface area contributed by atoms with Crippen LogP contribution in [0.3, 0.4) is 0 Å². The van der Waals surface area contributed by atoms with Crippen molar-refractivity contribution in [3.8, 4) is 5.69 Å². The van der Waals surface area contributed by atoms with Crippen LogP contribution in [0, 0.1) is 6.92 Å². The van der Waals surface area contributed by atoms with Gasteiger partial charge in [-0.2, -0.15) is 0 Å². The van der Waals surface area contributed by atoms with Gasteiger partial charge in [0.1, 0.15) is 0 Å². The Morgan fingerprint density at radius 2 is 1.86 bits per heavy atom. The van der Waals surface area contributed by atoms with E-state index in [0.29, 0.717) is 22.2 Å². The van der Waals surface area contributed by atoms with Gasteiger partial charge >= 0.3 is 5.97 Å². The first-order valence-corrected chi connectivity index (χ1v) is 6.39. The molecule has 0 fully saturated rings. The lowest BCUT2D eigenvalue weighted by Crippen LogP contribution is -2.24. The Morgan fingerprint density at radius 1 is 1.14 bits per heavy atom. The molecule has 0 aliphatic carbocycles. The van der Waals surface area contributed by atoms with Gasteiger partial charge in [0, 0.05) is 22.7 Å². The van der Waals surface area contributed by atoms with Crippen molar-refractivity contribution in [3.63, 3.8) is 0 Å². The molecule has 5 heteroatoms. The summed E-state index contributed by atoms with van der Waals surface area (Å²) in [6, 6.07) is 10.2. The van der Waals surface area contributed by atoms with Crippen molar-refractivity contribution in [2.24, 2.45) is 0 Å². The first-order valence-electron chi connectivity index (χ1n) is 6.39. The van der Waals surface area contributed by atoms with Crippen LogP contribution in [0.5, 0.6) is 0 Å². The molecule has 104 valence electrons. The van der Waals surface area contributed by atoms with Crippen LogP contribution in [0.25, 0.3) is 16.5 Å². The van der Waals surface area contributed by atoms with E-state index in [1.165, 1.54) is 10.8 Å². The van der Waals surface area contributed by atoms with E-state index in [2.05, 4.69) is 4.98 Å². The molecule has 0 unspecified atom stereocenters. The van der Waals surface area contributed by atoms with Crippen LogP contribution in [0.1, 0.15) is 16.1 Å². The van der Waals surface area contributed by atoms with Gasteiger partial charge in [-0.3, -0.25) is 14.3 Å². The Kier molecular flexibility index (Phi) is 3.02. The summed E-state index contributed by atoms with van der Waals surface area (Å²) in [7, 11) is 0. The summed E-state index contributed by atoms with van der Waals surface area (Å²) in [5.41, 5.74) is 0.822. The molecular weight excluding hydrogens is 268 g/mol. The molecule has 1 aromatic carbocycles. The number of hydrogen-bond donors (Lipinski definition) is 1. The van der Waals surface area contributed by atoms with Crippen LogP contribution in [0.4, 0.5) is 0 Å². The number of benzene rings is 1. The van der Waals surface area contributed by atoms with Crippen molar-refractivity contribution in [2.75, 3.05) is 0 Å². The van der Waals surface area contributed by atoms with Crippen molar-refractivity contribution in [1.82, 2.24) is 9.55 Å². The molecule has 2 heterocycles. The largest absolute Gasteiger partial charge is 0.478 e. The van der Waals surface area contributed by atoms with Gasteiger partial charge < -0.3 is 5.11 Å². The minimum Gasteiger partial charge on any atom is -0.478 e. The molecule has 0 radical (unpaired) electrons. The zero-order chi connectivity index (χ0) is 15.0. The molecule has 0 bridgehead atoms. The molecular formula is C16H12N2O3. The number of aromatic carboxylic acids is 1.